The van der Waals surface area contributed by atoms with Crippen LogP contribution in [0.25, 0.3) is 0 Å². The lowest BCUT2D eigenvalue weighted by Gasteiger charge is -2.34. The highest BCUT2D eigenvalue weighted by Gasteiger charge is 2.30. The van der Waals surface area contributed by atoms with Crippen LogP contribution in [0.5, 0.6) is 0 Å². The van der Waals surface area contributed by atoms with Gasteiger partial charge in [-0.3, -0.25) is 0 Å². The molecule has 16 heavy (non-hydrogen) atoms. The number of methoxy groups -OCH3 is 1. The summed E-state index contributed by atoms with van der Waals surface area (Å²) in [5.74, 6) is -1.26. The number of ether oxygens (including phenoxy) is 1. The average Bonchev–Trinajstić information content (AvgIpc) is 2.18. The molecule has 1 aliphatic rings. The van der Waals surface area contributed by atoms with Crippen molar-refractivity contribution >= 4 is 12.0 Å². The smallest absolute Gasteiger partial charge is 0.328 e. The van der Waals surface area contributed by atoms with Crippen LogP contribution in [0.1, 0.15) is 12.8 Å². The van der Waals surface area contributed by atoms with Crippen molar-refractivity contribution < 1.29 is 24.5 Å². The number of rotatable bonds is 5. The molecule has 1 atom stereocenters. The monoisotopic (exact) mass is 232 g/mol. The fourth-order valence-electron chi connectivity index (χ4n) is 1.45. The number of amides is 2. The summed E-state index contributed by atoms with van der Waals surface area (Å²) in [6.07, 6.45) is 1.61. The Balaban J connectivity index is 2.23. The van der Waals surface area contributed by atoms with Crippen LogP contribution < -0.4 is 10.6 Å². The van der Waals surface area contributed by atoms with Crippen LogP contribution in [0.15, 0.2) is 0 Å². The molecule has 7 nitrogen and oxygen atoms in total. The third-order valence-corrected chi connectivity index (χ3v) is 2.55. The SMILES string of the molecule is COC1CC(NC(=O)N[C@@H](CO)C(=O)O)C1. The highest BCUT2D eigenvalue weighted by atomic mass is 16.5. The number of carboxylic acids is 1. The van der Waals surface area contributed by atoms with E-state index < -0.39 is 24.6 Å². The summed E-state index contributed by atoms with van der Waals surface area (Å²) in [5, 5.41) is 22.0. The van der Waals surface area contributed by atoms with Crippen molar-refractivity contribution in [3.05, 3.63) is 0 Å². The van der Waals surface area contributed by atoms with Crippen molar-refractivity contribution in [1.82, 2.24) is 10.6 Å². The van der Waals surface area contributed by atoms with Gasteiger partial charge in [-0.15, -0.1) is 0 Å². The Morgan fingerprint density at radius 2 is 2.12 bits per heavy atom. The molecule has 0 unspecified atom stereocenters. The highest BCUT2D eigenvalue weighted by molar-refractivity contribution is 5.82. The number of nitrogens with one attached hydrogen (secondary N) is 2. The minimum absolute atomic E-state index is 0.0121. The van der Waals surface area contributed by atoms with Crippen LogP contribution in [0.4, 0.5) is 4.79 Å². The van der Waals surface area contributed by atoms with E-state index in [1.165, 1.54) is 0 Å². The number of hydrogen-bond donors (Lipinski definition) is 4. The Kier molecular flexibility index (Phi) is 4.51. The molecule has 0 aromatic rings. The largest absolute Gasteiger partial charge is 0.480 e. The van der Waals surface area contributed by atoms with E-state index in [-0.39, 0.29) is 12.1 Å². The number of aliphatic hydroxyl groups excluding tert-OH is 1. The molecule has 1 aliphatic carbocycles. The maximum atomic E-state index is 11.3. The fourth-order valence-corrected chi connectivity index (χ4v) is 1.45. The summed E-state index contributed by atoms with van der Waals surface area (Å²) in [6, 6.07) is -1.84. The number of urea groups is 1. The van der Waals surface area contributed by atoms with Crippen LogP contribution in [0, 0.1) is 0 Å². The van der Waals surface area contributed by atoms with E-state index in [0.717, 1.165) is 12.8 Å². The number of hydrogen-bond acceptors (Lipinski definition) is 4. The van der Waals surface area contributed by atoms with Gasteiger partial charge in [-0.1, -0.05) is 0 Å². The van der Waals surface area contributed by atoms with Crippen LogP contribution in [-0.4, -0.2) is 54.1 Å². The number of aliphatic carboxylic acids is 1. The van der Waals surface area contributed by atoms with Gasteiger partial charge in [0, 0.05) is 13.2 Å². The Hall–Kier alpha value is -1.34. The third kappa shape index (κ3) is 3.35. The number of carbonyl (C=O) groups is 2. The lowest BCUT2D eigenvalue weighted by Crippen LogP contribution is -2.54. The summed E-state index contributed by atoms with van der Waals surface area (Å²) in [4.78, 5) is 21.8. The minimum atomic E-state index is -1.27. The Morgan fingerprint density at radius 3 is 2.56 bits per heavy atom. The molecule has 0 spiro atoms. The quantitative estimate of drug-likeness (QED) is 0.481. The molecule has 0 aromatic heterocycles. The van der Waals surface area contributed by atoms with E-state index in [9.17, 15) is 9.59 Å². The van der Waals surface area contributed by atoms with Crippen LogP contribution in [0.2, 0.25) is 0 Å². The van der Waals surface area contributed by atoms with Crippen LogP contribution >= 0.6 is 0 Å². The van der Waals surface area contributed by atoms with Gasteiger partial charge in [-0.2, -0.15) is 0 Å². The molecule has 0 saturated heterocycles. The molecule has 1 saturated carbocycles. The Morgan fingerprint density at radius 1 is 1.50 bits per heavy atom. The first kappa shape index (κ1) is 12.7. The van der Waals surface area contributed by atoms with Gasteiger partial charge >= 0.3 is 12.0 Å². The lowest BCUT2D eigenvalue weighted by molar-refractivity contribution is -0.140. The number of carboxylic acid groups (broad SMARTS) is 1. The molecule has 4 N–H and O–H groups in total. The first-order valence-corrected chi connectivity index (χ1v) is 5.00. The van der Waals surface area contributed by atoms with E-state index in [1.807, 2.05) is 0 Å². The minimum Gasteiger partial charge on any atom is -0.480 e. The summed E-state index contributed by atoms with van der Waals surface area (Å²) in [6.45, 7) is -0.631. The molecule has 0 heterocycles. The van der Waals surface area contributed by atoms with E-state index in [1.54, 1.807) is 7.11 Å². The molecular formula is C9H16N2O5. The van der Waals surface area contributed by atoms with Gasteiger partial charge in [-0.25, -0.2) is 9.59 Å². The van der Waals surface area contributed by atoms with E-state index in [2.05, 4.69) is 10.6 Å². The molecule has 92 valence electrons. The first-order chi connectivity index (χ1) is 7.56. The fraction of sp³-hybridized carbons (Fsp3) is 0.778. The Labute approximate surface area is 92.8 Å². The van der Waals surface area contributed by atoms with Crippen molar-refractivity contribution in [3.63, 3.8) is 0 Å². The Bertz CT molecular complexity index is 265. The van der Waals surface area contributed by atoms with E-state index >= 15 is 0 Å². The maximum absolute atomic E-state index is 11.3. The van der Waals surface area contributed by atoms with Crippen molar-refractivity contribution in [3.8, 4) is 0 Å². The lowest BCUT2D eigenvalue weighted by atomic mass is 9.89. The number of aliphatic hydroxyl groups is 1. The summed E-state index contributed by atoms with van der Waals surface area (Å²) < 4.78 is 5.03. The second-order valence-corrected chi connectivity index (χ2v) is 3.72. The average molecular weight is 232 g/mol. The zero-order valence-corrected chi connectivity index (χ0v) is 8.97. The third-order valence-electron chi connectivity index (χ3n) is 2.55. The van der Waals surface area contributed by atoms with Gasteiger partial charge in [0.05, 0.1) is 12.7 Å². The molecule has 7 heteroatoms. The molecule has 0 aliphatic heterocycles. The molecule has 0 radical (unpaired) electrons. The predicted molar refractivity (Wildman–Crippen MR) is 54.0 cm³/mol. The second kappa shape index (κ2) is 5.66. The van der Waals surface area contributed by atoms with Crippen molar-refractivity contribution in [2.45, 2.75) is 31.0 Å². The van der Waals surface area contributed by atoms with Crippen molar-refractivity contribution in [2.75, 3.05) is 13.7 Å². The van der Waals surface area contributed by atoms with Gasteiger partial charge in [0.1, 0.15) is 0 Å². The zero-order valence-electron chi connectivity index (χ0n) is 8.97. The molecule has 2 amide bonds. The van der Waals surface area contributed by atoms with Crippen LogP contribution in [-0.2, 0) is 9.53 Å². The van der Waals surface area contributed by atoms with Gasteiger partial charge in [0.15, 0.2) is 6.04 Å². The molecule has 0 bridgehead atoms. The van der Waals surface area contributed by atoms with Crippen molar-refractivity contribution in [1.29, 1.82) is 0 Å². The molecular weight excluding hydrogens is 216 g/mol. The summed E-state index contributed by atoms with van der Waals surface area (Å²) >= 11 is 0. The van der Waals surface area contributed by atoms with E-state index in [4.69, 9.17) is 14.9 Å². The molecule has 0 aromatic carbocycles. The molecule has 1 rings (SSSR count). The number of carbonyl (C=O) groups excluding carboxylic acids is 1. The first-order valence-electron chi connectivity index (χ1n) is 5.00. The zero-order chi connectivity index (χ0) is 12.1. The summed E-state index contributed by atoms with van der Waals surface area (Å²) in [7, 11) is 1.60. The van der Waals surface area contributed by atoms with Gasteiger partial charge in [-0.05, 0) is 12.8 Å². The maximum Gasteiger partial charge on any atom is 0.328 e. The van der Waals surface area contributed by atoms with Gasteiger partial charge in [0.2, 0.25) is 0 Å². The second-order valence-electron chi connectivity index (χ2n) is 3.72. The summed E-state index contributed by atoms with van der Waals surface area (Å²) in [5.41, 5.74) is 0. The van der Waals surface area contributed by atoms with Gasteiger partial charge < -0.3 is 25.6 Å². The van der Waals surface area contributed by atoms with E-state index in [0.29, 0.717) is 0 Å². The topological polar surface area (TPSA) is 108 Å². The van der Waals surface area contributed by atoms with Gasteiger partial charge in [0.25, 0.3) is 0 Å². The van der Waals surface area contributed by atoms with Crippen molar-refractivity contribution in [2.24, 2.45) is 0 Å². The predicted octanol–water partition coefficient (Wildman–Crippen LogP) is -1.09. The van der Waals surface area contributed by atoms with Crippen LogP contribution in [0.3, 0.4) is 0 Å². The normalized spacial score (nSPS) is 25.4. The molecule has 1 fully saturated rings. The highest BCUT2D eigenvalue weighted by Crippen LogP contribution is 2.22. The standard InChI is InChI=1S/C9H16N2O5/c1-16-6-2-5(3-6)10-9(15)11-7(4-12)8(13)14/h5-7,12H,2-4H2,1H3,(H,13,14)(H2,10,11,15)/t5?,6?,7-/m0/s1.